The molecule has 0 spiro atoms. The molecule has 1 heterocycles. The van der Waals surface area contributed by atoms with Crippen molar-refractivity contribution in [3.8, 4) is 0 Å². The van der Waals surface area contributed by atoms with Crippen molar-refractivity contribution in [1.29, 1.82) is 0 Å². The molecular formula is C16H23ClN2O2. The van der Waals surface area contributed by atoms with Gasteiger partial charge in [0.1, 0.15) is 0 Å². The standard InChI is InChI=1S/C16H23ClN2O2/c1-12-10-19(8-6-15(12)20)11-16(21)18-7-5-13-3-2-4-14(17)9-13/h2-4,9,12,15,20H,5-8,10-11H2,1H3,(H,18,21). The summed E-state index contributed by atoms with van der Waals surface area (Å²) in [5, 5.41) is 13.3. The van der Waals surface area contributed by atoms with Crippen molar-refractivity contribution in [2.75, 3.05) is 26.2 Å². The topological polar surface area (TPSA) is 52.6 Å². The number of amides is 1. The van der Waals surface area contributed by atoms with Crippen LogP contribution in [0.5, 0.6) is 0 Å². The summed E-state index contributed by atoms with van der Waals surface area (Å²) in [7, 11) is 0. The van der Waals surface area contributed by atoms with Gasteiger partial charge in [-0.05, 0) is 36.5 Å². The summed E-state index contributed by atoms with van der Waals surface area (Å²) in [4.78, 5) is 14.0. The fourth-order valence-electron chi connectivity index (χ4n) is 2.66. The Bertz CT molecular complexity index is 481. The molecule has 116 valence electrons. The highest BCUT2D eigenvalue weighted by molar-refractivity contribution is 6.30. The lowest BCUT2D eigenvalue weighted by Crippen LogP contribution is -2.46. The van der Waals surface area contributed by atoms with Crippen LogP contribution in [0.3, 0.4) is 0 Å². The molecule has 1 aliphatic rings. The van der Waals surface area contributed by atoms with Gasteiger partial charge in [-0.3, -0.25) is 9.69 Å². The summed E-state index contributed by atoms with van der Waals surface area (Å²) in [6.45, 7) is 4.61. The van der Waals surface area contributed by atoms with Gasteiger partial charge < -0.3 is 10.4 Å². The molecular weight excluding hydrogens is 288 g/mol. The molecule has 1 aromatic carbocycles. The molecule has 5 heteroatoms. The first kappa shape index (κ1) is 16.3. The minimum atomic E-state index is -0.229. The van der Waals surface area contributed by atoms with Gasteiger partial charge in [0, 0.05) is 24.7 Å². The Morgan fingerprint density at radius 2 is 2.33 bits per heavy atom. The van der Waals surface area contributed by atoms with Gasteiger partial charge in [0.05, 0.1) is 12.6 Å². The molecule has 0 bridgehead atoms. The fraction of sp³-hybridized carbons (Fsp3) is 0.562. The summed E-state index contributed by atoms with van der Waals surface area (Å²) >= 11 is 5.93. The zero-order valence-corrected chi connectivity index (χ0v) is 13.1. The van der Waals surface area contributed by atoms with E-state index < -0.39 is 0 Å². The molecule has 1 aliphatic heterocycles. The number of hydrogen-bond donors (Lipinski definition) is 2. The van der Waals surface area contributed by atoms with Gasteiger partial charge >= 0.3 is 0 Å². The molecule has 0 radical (unpaired) electrons. The Labute approximate surface area is 131 Å². The van der Waals surface area contributed by atoms with E-state index in [1.807, 2.05) is 31.2 Å². The summed E-state index contributed by atoms with van der Waals surface area (Å²) in [6.07, 6.45) is 1.30. The first-order valence-corrected chi connectivity index (χ1v) is 7.84. The van der Waals surface area contributed by atoms with E-state index in [0.29, 0.717) is 13.1 Å². The average Bonchev–Trinajstić information content (AvgIpc) is 2.43. The van der Waals surface area contributed by atoms with Crippen molar-refractivity contribution >= 4 is 17.5 Å². The maximum absolute atomic E-state index is 11.9. The Kier molecular flexibility index (Phi) is 6.03. The Balaban J connectivity index is 1.68. The number of rotatable bonds is 5. The lowest BCUT2D eigenvalue weighted by Gasteiger charge is -2.33. The van der Waals surface area contributed by atoms with E-state index in [0.717, 1.165) is 36.5 Å². The molecule has 0 aromatic heterocycles. The van der Waals surface area contributed by atoms with Crippen LogP contribution in [-0.4, -0.2) is 48.2 Å². The Morgan fingerprint density at radius 3 is 3.05 bits per heavy atom. The van der Waals surface area contributed by atoms with E-state index in [4.69, 9.17) is 11.6 Å². The van der Waals surface area contributed by atoms with Crippen LogP contribution < -0.4 is 5.32 Å². The largest absolute Gasteiger partial charge is 0.393 e. The predicted octanol–water partition coefficient (Wildman–Crippen LogP) is 1.70. The number of likely N-dealkylation sites (tertiary alicyclic amines) is 1. The van der Waals surface area contributed by atoms with E-state index >= 15 is 0 Å². The number of piperidine rings is 1. The minimum Gasteiger partial charge on any atom is -0.393 e. The Morgan fingerprint density at radius 1 is 1.52 bits per heavy atom. The molecule has 1 amide bonds. The van der Waals surface area contributed by atoms with Crippen LogP contribution in [0.25, 0.3) is 0 Å². The van der Waals surface area contributed by atoms with Gasteiger partial charge in [0.2, 0.25) is 5.91 Å². The summed E-state index contributed by atoms with van der Waals surface area (Å²) < 4.78 is 0. The Hall–Kier alpha value is -1.10. The molecule has 2 atom stereocenters. The average molecular weight is 311 g/mol. The highest BCUT2D eigenvalue weighted by Crippen LogP contribution is 2.15. The number of hydrogen-bond acceptors (Lipinski definition) is 3. The monoisotopic (exact) mass is 310 g/mol. The van der Waals surface area contributed by atoms with Gasteiger partial charge in [-0.15, -0.1) is 0 Å². The number of halogens is 1. The summed E-state index contributed by atoms with van der Waals surface area (Å²) in [6, 6.07) is 7.68. The smallest absolute Gasteiger partial charge is 0.234 e. The number of carbonyl (C=O) groups excluding carboxylic acids is 1. The quantitative estimate of drug-likeness (QED) is 0.870. The maximum Gasteiger partial charge on any atom is 0.234 e. The molecule has 0 saturated carbocycles. The van der Waals surface area contributed by atoms with Gasteiger partial charge in [0.25, 0.3) is 0 Å². The van der Waals surface area contributed by atoms with Gasteiger partial charge in [-0.1, -0.05) is 30.7 Å². The van der Waals surface area contributed by atoms with Crippen LogP contribution in [0.2, 0.25) is 5.02 Å². The van der Waals surface area contributed by atoms with Crippen LogP contribution in [0.4, 0.5) is 0 Å². The van der Waals surface area contributed by atoms with E-state index in [1.54, 1.807) is 0 Å². The third-order valence-corrected chi connectivity index (χ3v) is 4.17. The number of aliphatic hydroxyl groups is 1. The van der Waals surface area contributed by atoms with Crippen molar-refractivity contribution in [1.82, 2.24) is 10.2 Å². The molecule has 4 nitrogen and oxygen atoms in total. The molecule has 1 fully saturated rings. The molecule has 2 rings (SSSR count). The van der Waals surface area contributed by atoms with Gasteiger partial charge in [0.15, 0.2) is 0 Å². The second-order valence-corrected chi connectivity index (χ2v) is 6.23. The molecule has 1 aromatic rings. The zero-order chi connectivity index (χ0) is 15.2. The number of carbonyl (C=O) groups is 1. The third-order valence-electron chi connectivity index (χ3n) is 3.94. The van der Waals surface area contributed by atoms with Crippen LogP contribution >= 0.6 is 11.6 Å². The van der Waals surface area contributed by atoms with E-state index in [1.165, 1.54) is 0 Å². The van der Waals surface area contributed by atoms with Crippen LogP contribution in [0, 0.1) is 5.92 Å². The van der Waals surface area contributed by atoms with Crippen molar-refractivity contribution in [2.24, 2.45) is 5.92 Å². The van der Waals surface area contributed by atoms with Gasteiger partial charge in [-0.25, -0.2) is 0 Å². The molecule has 2 N–H and O–H groups in total. The highest BCUT2D eigenvalue weighted by Gasteiger charge is 2.25. The first-order chi connectivity index (χ1) is 10.0. The second-order valence-electron chi connectivity index (χ2n) is 5.80. The molecule has 21 heavy (non-hydrogen) atoms. The molecule has 0 aliphatic carbocycles. The highest BCUT2D eigenvalue weighted by atomic mass is 35.5. The lowest BCUT2D eigenvalue weighted by molar-refractivity contribution is -0.123. The normalized spacial score (nSPS) is 23.0. The van der Waals surface area contributed by atoms with Crippen LogP contribution in [0.1, 0.15) is 18.9 Å². The fourth-order valence-corrected chi connectivity index (χ4v) is 2.87. The van der Waals surface area contributed by atoms with Crippen LogP contribution in [-0.2, 0) is 11.2 Å². The number of nitrogens with zero attached hydrogens (tertiary/aromatic N) is 1. The lowest BCUT2D eigenvalue weighted by atomic mass is 9.97. The summed E-state index contributed by atoms with van der Waals surface area (Å²) in [5.74, 6) is 0.277. The van der Waals surface area contributed by atoms with E-state index in [9.17, 15) is 9.90 Å². The maximum atomic E-state index is 11.9. The SMILES string of the molecule is CC1CN(CC(=O)NCCc2cccc(Cl)c2)CCC1O. The van der Waals surface area contributed by atoms with Crippen molar-refractivity contribution in [3.63, 3.8) is 0 Å². The second kappa shape index (κ2) is 7.78. The number of benzene rings is 1. The van der Waals surface area contributed by atoms with Crippen LogP contribution in [0.15, 0.2) is 24.3 Å². The number of aliphatic hydroxyl groups excluding tert-OH is 1. The third kappa shape index (κ3) is 5.30. The van der Waals surface area contributed by atoms with Crippen molar-refractivity contribution in [3.05, 3.63) is 34.9 Å². The first-order valence-electron chi connectivity index (χ1n) is 7.46. The molecule has 1 saturated heterocycles. The summed E-state index contributed by atoms with van der Waals surface area (Å²) in [5.41, 5.74) is 1.12. The van der Waals surface area contributed by atoms with E-state index in [-0.39, 0.29) is 17.9 Å². The van der Waals surface area contributed by atoms with Gasteiger partial charge in [-0.2, -0.15) is 0 Å². The number of nitrogens with one attached hydrogen (secondary N) is 1. The minimum absolute atomic E-state index is 0.0422. The molecule has 2 unspecified atom stereocenters. The van der Waals surface area contributed by atoms with Crippen molar-refractivity contribution < 1.29 is 9.90 Å². The predicted molar refractivity (Wildman–Crippen MR) is 84.4 cm³/mol. The van der Waals surface area contributed by atoms with E-state index in [2.05, 4.69) is 10.2 Å². The van der Waals surface area contributed by atoms with Crippen molar-refractivity contribution in [2.45, 2.75) is 25.9 Å². The zero-order valence-electron chi connectivity index (χ0n) is 12.4.